The van der Waals surface area contributed by atoms with Gasteiger partial charge < -0.3 is 5.11 Å². The summed E-state index contributed by atoms with van der Waals surface area (Å²) < 4.78 is 13.8. The topological polar surface area (TPSA) is 50.2 Å². The smallest absolute Gasteiger partial charge is 0.185 e. The van der Waals surface area contributed by atoms with Gasteiger partial charge in [-0.25, -0.2) is 4.39 Å². The third kappa shape index (κ3) is 3.59. The second-order valence-electron chi connectivity index (χ2n) is 5.13. The number of hydrogen-bond donors (Lipinski definition) is 1. The molecule has 0 saturated carbocycles. The summed E-state index contributed by atoms with van der Waals surface area (Å²) in [4.78, 5) is 16.1. The molecule has 1 aromatic heterocycles. The van der Waals surface area contributed by atoms with Crippen molar-refractivity contribution in [3.8, 4) is 0 Å². The molecular formula is C17H15ClFNO2. The molecule has 2 rings (SSSR count). The summed E-state index contributed by atoms with van der Waals surface area (Å²) in [5, 5.41) is 10.6. The molecule has 1 N–H and O–H groups in total. The van der Waals surface area contributed by atoms with Crippen molar-refractivity contribution in [1.82, 2.24) is 4.98 Å². The standard InChI is InChI=1S/C17H15ClFNO2/c1-3-17(2,22)13-8-11(4-6-14(13)19)9-16(21)15-7-5-12(18)10-20-15/h3-8,10,22H,1,9H2,2H3. The van der Waals surface area contributed by atoms with E-state index in [0.717, 1.165) is 0 Å². The van der Waals surface area contributed by atoms with Crippen molar-refractivity contribution in [3.63, 3.8) is 0 Å². The number of hydrogen-bond acceptors (Lipinski definition) is 3. The van der Waals surface area contributed by atoms with Crippen molar-refractivity contribution in [1.29, 1.82) is 0 Å². The van der Waals surface area contributed by atoms with Crippen LogP contribution in [0.2, 0.25) is 5.02 Å². The summed E-state index contributed by atoms with van der Waals surface area (Å²) in [6.07, 6.45) is 2.69. The van der Waals surface area contributed by atoms with Crippen molar-refractivity contribution < 1.29 is 14.3 Å². The van der Waals surface area contributed by atoms with Crippen LogP contribution in [-0.4, -0.2) is 15.9 Å². The van der Waals surface area contributed by atoms with E-state index in [1.54, 1.807) is 6.07 Å². The highest BCUT2D eigenvalue weighted by molar-refractivity contribution is 6.30. The van der Waals surface area contributed by atoms with Crippen LogP contribution in [0.4, 0.5) is 4.39 Å². The average Bonchev–Trinajstić information content (AvgIpc) is 2.49. The molecule has 0 amide bonds. The lowest BCUT2D eigenvalue weighted by Gasteiger charge is -2.20. The maximum atomic E-state index is 13.8. The Morgan fingerprint density at radius 3 is 2.77 bits per heavy atom. The maximum absolute atomic E-state index is 13.8. The minimum Gasteiger partial charge on any atom is -0.381 e. The SMILES string of the molecule is C=CC(C)(O)c1cc(CC(=O)c2ccc(Cl)cn2)ccc1F. The normalized spacial score (nSPS) is 13.5. The molecule has 0 spiro atoms. The van der Waals surface area contributed by atoms with E-state index < -0.39 is 11.4 Å². The van der Waals surface area contributed by atoms with Gasteiger partial charge in [-0.1, -0.05) is 30.3 Å². The molecule has 1 atom stereocenters. The predicted molar refractivity (Wildman–Crippen MR) is 83.4 cm³/mol. The van der Waals surface area contributed by atoms with E-state index in [1.807, 2.05) is 0 Å². The number of aliphatic hydroxyl groups is 1. The van der Waals surface area contributed by atoms with Crippen LogP contribution in [0.15, 0.2) is 49.2 Å². The molecule has 0 saturated heterocycles. The third-order valence-corrected chi connectivity index (χ3v) is 3.57. The van der Waals surface area contributed by atoms with E-state index in [9.17, 15) is 14.3 Å². The Morgan fingerprint density at radius 2 is 2.18 bits per heavy atom. The van der Waals surface area contributed by atoms with E-state index >= 15 is 0 Å². The number of carbonyl (C=O) groups excluding carboxylic acids is 1. The number of nitrogens with zero attached hydrogens (tertiary/aromatic N) is 1. The Balaban J connectivity index is 2.27. The zero-order chi connectivity index (χ0) is 16.3. The molecule has 0 aliphatic carbocycles. The van der Waals surface area contributed by atoms with Crippen molar-refractivity contribution in [2.75, 3.05) is 0 Å². The number of aromatic nitrogens is 1. The van der Waals surface area contributed by atoms with Gasteiger partial charge in [-0.15, -0.1) is 0 Å². The summed E-state index contributed by atoms with van der Waals surface area (Å²) in [5.74, 6) is -0.766. The minimum atomic E-state index is -1.50. The molecule has 1 heterocycles. The molecule has 2 aromatic rings. The van der Waals surface area contributed by atoms with Gasteiger partial charge in [0.2, 0.25) is 0 Å². The summed E-state index contributed by atoms with van der Waals surface area (Å²) in [6.45, 7) is 4.93. The van der Waals surface area contributed by atoms with Gasteiger partial charge in [0.15, 0.2) is 5.78 Å². The molecule has 22 heavy (non-hydrogen) atoms. The van der Waals surface area contributed by atoms with E-state index in [-0.39, 0.29) is 23.5 Å². The molecule has 114 valence electrons. The fraction of sp³-hybridized carbons (Fsp3) is 0.176. The number of pyridine rings is 1. The Hall–Kier alpha value is -2.04. The van der Waals surface area contributed by atoms with Crippen LogP contribution in [-0.2, 0) is 12.0 Å². The molecule has 0 bridgehead atoms. The molecule has 0 aliphatic heterocycles. The highest BCUT2D eigenvalue weighted by Crippen LogP contribution is 2.26. The molecule has 0 radical (unpaired) electrons. The van der Waals surface area contributed by atoms with Crippen molar-refractivity contribution >= 4 is 17.4 Å². The van der Waals surface area contributed by atoms with Crippen LogP contribution in [0, 0.1) is 5.82 Å². The van der Waals surface area contributed by atoms with Crippen LogP contribution < -0.4 is 0 Å². The lowest BCUT2D eigenvalue weighted by molar-refractivity contribution is 0.0984. The van der Waals surface area contributed by atoms with Crippen LogP contribution >= 0.6 is 11.6 Å². The lowest BCUT2D eigenvalue weighted by Crippen LogP contribution is -2.20. The molecule has 0 fully saturated rings. The quantitative estimate of drug-likeness (QED) is 0.675. The Bertz CT molecular complexity index is 711. The van der Waals surface area contributed by atoms with Gasteiger partial charge in [-0.2, -0.15) is 0 Å². The summed E-state index contributed by atoms with van der Waals surface area (Å²) in [6, 6.07) is 7.32. The number of Topliss-reactive ketones (excluding diaryl/α,β-unsaturated/α-hetero) is 1. The maximum Gasteiger partial charge on any atom is 0.185 e. The number of benzene rings is 1. The van der Waals surface area contributed by atoms with Gasteiger partial charge in [-0.05, 0) is 36.8 Å². The van der Waals surface area contributed by atoms with Crippen molar-refractivity contribution in [3.05, 3.63) is 76.8 Å². The van der Waals surface area contributed by atoms with Gasteiger partial charge in [0.05, 0.1) is 5.02 Å². The van der Waals surface area contributed by atoms with E-state index in [4.69, 9.17) is 11.6 Å². The number of carbonyl (C=O) groups is 1. The monoisotopic (exact) mass is 319 g/mol. The first-order valence-corrected chi connectivity index (χ1v) is 7.01. The second kappa shape index (κ2) is 6.38. The Morgan fingerprint density at radius 1 is 1.45 bits per heavy atom. The molecule has 1 aromatic carbocycles. The minimum absolute atomic E-state index is 0.0507. The summed E-state index contributed by atoms with van der Waals surface area (Å²) >= 11 is 5.73. The number of halogens is 2. The highest BCUT2D eigenvalue weighted by atomic mass is 35.5. The van der Waals surface area contributed by atoms with E-state index in [1.165, 1.54) is 43.5 Å². The van der Waals surface area contributed by atoms with Crippen LogP contribution in [0.3, 0.4) is 0 Å². The zero-order valence-electron chi connectivity index (χ0n) is 12.0. The second-order valence-corrected chi connectivity index (χ2v) is 5.56. The lowest BCUT2D eigenvalue weighted by atomic mass is 9.92. The summed E-state index contributed by atoms with van der Waals surface area (Å²) in [5.41, 5.74) is -0.551. The molecule has 3 nitrogen and oxygen atoms in total. The fourth-order valence-electron chi connectivity index (χ4n) is 2.00. The fourth-order valence-corrected chi connectivity index (χ4v) is 2.11. The van der Waals surface area contributed by atoms with E-state index in [2.05, 4.69) is 11.6 Å². The Labute approximate surface area is 133 Å². The first-order valence-electron chi connectivity index (χ1n) is 6.63. The van der Waals surface area contributed by atoms with Crippen LogP contribution in [0.1, 0.15) is 28.5 Å². The van der Waals surface area contributed by atoms with Crippen molar-refractivity contribution in [2.45, 2.75) is 18.9 Å². The number of ketones is 1. The molecular weight excluding hydrogens is 305 g/mol. The first-order chi connectivity index (χ1) is 10.3. The highest BCUT2D eigenvalue weighted by Gasteiger charge is 2.23. The first kappa shape index (κ1) is 16.3. The molecule has 0 aliphatic rings. The van der Waals surface area contributed by atoms with Gasteiger partial charge in [0.25, 0.3) is 0 Å². The molecule has 1 unspecified atom stereocenters. The number of rotatable bonds is 5. The van der Waals surface area contributed by atoms with Crippen LogP contribution in [0.5, 0.6) is 0 Å². The predicted octanol–water partition coefficient (Wildman–Crippen LogP) is 3.69. The zero-order valence-corrected chi connectivity index (χ0v) is 12.8. The van der Waals surface area contributed by atoms with Gasteiger partial charge in [0.1, 0.15) is 17.1 Å². The third-order valence-electron chi connectivity index (χ3n) is 3.35. The van der Waals surface area contributed by atoms with E-state index in [0.29, 0.717) is 10.6 Å². The van der Waals surface area contributed by atoms with Crippen molar-refractivity contribution in [2.24, 2.45) is 0 Å². The van der Waals surface area contributed by atoms with Gasteiger partial charge in [0, 0.05) is 18.2 Å². The largest absolute Gasteiger partial charge is 0.381 e. The van der Waals surface area contributed by atoms with Crippen LogP contribution in [0.25, 0.3) is 0 Å². The Kier molecular flexibility index (Phi) is 4.74. The van der Waals surface area contributed by atoms with Gasteiger partial charge >= 0.3 is 0 Å². The molecule has 5 heteroatoms. The van der Waals surface area contributed by atoms with Gasteiger partial charge in [-0.3, -0.25) is 9.78 Å². The summed E-state index contributed by atoms with van der Waals surface area (Å²) in [7, 11) is 0. The average molecular weight is 320 g/mol.